The van der Waals surface area contributed by atoms with Crippen LogP contribution in [0.25, 0.3) is 12.2 Å². The molecule has 1 aromatic heterocycles. The van der Waals surface area contributed by atoms with E-state index in [0.717, 1.165) is 5.22 Å². The fourth-order valence-electron chi connectivity index (χ4n) is 2.15. The molecule has 1 aliphatic rings. The molecule has 0 spiro atoms. The highest BCUT2D eigenvalue weighted by Gasteiger charge is 2.14. The van der Waals surface area contributed by atoms with Gasteiger partial charge in [-0.2, -0.15) is 0 Å². The largest absolute Gasteiger partial charge is 0.493 e. The standard InChI is InChI=1S/C15H12N2O2S2/c1-2-17-14(19)12(21-15(17)20)8-10-7-9-5-3-4-6-11(9)16-13(10)18/h3-8,19H,2H2,1H3. The summed E-state index contributed by atoms with van der Waals surface area (Å²) in [5, 5.41) is 11.7. The van der Waals surface area contributed by atoms with Gasteiger partial charge >= 0.3 is 0 Å². The second-order valence-corrected chi connectivity index (χ2v) is 6.20. The fourth-order valence-corrected chi connectivity index (χ4v) is 3.53. The molecule has 1 aromatic carbocycles. The van der Waals surface area contributed by atoms with Gasteiger partial charge in [0.15, 0.2) is 3.95 Å². The van der Waals surface area contributed by atoms with Crippen LogP contribution in [0.5, 0.6) is 5.88 Å². The third-order valence-corrected chi connectivity index (χ3v) is 4.60. The van der Waals surface area contributed by atoms with Crippen LogP contribution in [0.4, 0.5) is 0 Å². The van der Waals surface area contributed by atoms with Gasteiger partial charge in [-0.3, -0.25) is 9.36 Å². The number of amides is 1. The third kappa shape index (κ3) is 2.48. The Kier molecular flexibility index (Phi) is 3.57. The van der Waals surface area contributed by atoms with Gasteiger partial charge in [0, 0.05) is 17.3 Å². The van der Waals surface area contributed by atoms with Crippen LogP contribution >= 0.6 is 23.6 Å². The summed E-state index contributed by atoms with van der Waals surface area (Å²) in [6.07, 6.45) is 3.42. The van der Waals surface area contributed by atoms with Crippen LogP contribution < -0.4 is 10.6 Å². The Morgan fingerprint density at radius 1 is 1.43 bits per heavy atom. The molecule has 0 unspecified atom stereocenters. The summed E-state index contributed by atoms with van der Waals surface area (Å²) in [6.45, 7) is 2.50. The zero-order valence-corrected chi connectivity index (χ0v) is 12.9. The summed E-state index contributed by atoms with van der Waals surface area (Å²) in [7, 11) is 0. The molecule has 0 bridgehead atoms. The van der Waals surface area contributed by atoms with Crippen molar-refractivity contribution in [2.45, 2.75) is 13.5 Å². The van der Waals surface area contributed by atoms with E-state index < -0.39 is 0 Å². The van der Waals surface area contributed by atoms with E-state index in [1.54, 1.807) is 22.8 Å². The number of hydrogen-bond donors (Lipinski definition) is 1. The van der Waals surface area contributed by atoms with Gasteiger partial charge in [-0.05, 0) is 37.4 Å². The van der Waals surface area contributed by atoms with Crippen molar-refractivity contribution in [1.29, 1.82) is 0 Å². The molecule has 1 N–H and O–H groups in total. The molecule has 1 aliphatic heterocycles. The molecule has 21 heavy (non-hydrogen) atoms. The van der Waals surface area contributed by atoms with Crippen LogP contribution in [0.2, 0.25) is 0 Å². The molecule has 2 heterocycles. The van der Waals surface area contributed by atoms with Gasteiger partial charge in [-0.1, -0.05) is 18.2 Å². The average Bonchev–Trinajstić information content (AvgIpc) is 2.73. The SMILES string of the molecule is CCn1c(O)c(C=C2C=c3ccccc3=NC2=O)sc1=S. The number of nitrogens with zero attached hydrogens (tertiary/aromatic N) is 2. The van der Waals surface area contributed by atoms with Gasteiger partial charge in [0.2, 0.25) is 5.88 Å². The first-order valence-corrected chi connectivity index (χ1v) is 7.66. The molecular weight excluding hydrogens is 304 g/mol. The number of aromatic hydroxyl groups is 1. The Balaban J connectivity index is 2.16. The second-order valence-electron chi connectivity index (χ2n) is 4.52. The van der Waals surface area contributed by atoms with Gasteiger partial charge in [0.25, 0.3) is 5.91 Å². The van der Waals surface area contributed by atoms with Crippen LogP contribution in [0.3, 0.4) is 0 Å². The summed E-state index contributed by atoms with van der Waals surface area (Å²) in [5.74, 6) is -0.212. The number of thiazole rings is 1. The number of fused-ring (bicyclic) bond motifs is 1. The molecular formula is C15H12N2O2S2. The summed E-state index contributed by atoms with van der Waals surface area (Å²) in [5.41, 5.74) is 0.448. The molecule has 2 aromatic rings. The Morgan fingerprint density at radius 2 is 2.19 bits per heavy atom. The monoisotopic (exact) mass is 316 g/mol. The van der Waals surface area contributed by atoms with E-state index in [0.29, 0.717) is 26.3 Å². The van der Waals surface area contributed by atoms with E-state index in [1.807, 2.05) is 25.1 Å². The molecule has 0 fully saturated rings. The van der Waals surface area contributed by atoms with E-state index in [9.17, 15) is 9.90 Å². The van der Waals surface area contributed by atoms with Crippen LogP contribution in [-0.2, 0) is 11.3 Å². The molecule has 0 radical (unpaired) electrons. The van der Waals surface area contributed by atoms with Gasteiger partial charge in [-0.25, -0.2) is 4.99 Å². The Morgan fingerprint density at radius 3 is 2.90 bits per heavy atom. The van der Waals surface area contributed by atoms with Crippen molar-refractivity contribution < 1.29 is 9.90 Å². The van der Waals surface area contributed by atoms with Crippen LogP contribution in [0, 0.1) is 3.95 Å². The van der Waals surface area contributed by atoms with Crippen molar-refractivity contribution in [3.05, 3.63) is 49.2 Å². The first-order valence-electron chi connectivity index (χ1n) is 6.44. The van der Waals surface area contributed by atoms with Gasteiger partial charge in [0.05, 0.1) is 10.2 Å². The average molecular weight is 316 g/mol. The van der Waals surface area contributed by atoms with Crippen molar-refractivity contribution >= 4 is 41.6 Å². The molecule has 6 heteroatoms. The maximum Gasteiger partial charge on any atom is 0.277 e. The Hall–Kier alpha value is -2.05. The van der Waals surface area contributed by atoms with Gasteiger partial charge in [0.1, 0.15) is 0 Å². The highest BCUT2D eigenvalue weighted by molar-refractivity contribution is 7.73. The topological polar surface area (TPSA) is 54.6 Å². The highest BCUT2D eigenvalue weighted by atomic mass is 32.1. The van der Waals surface area contributed by atoms with Crippen molar-refractivity contribution in [2.24, 2.45) is 4.99 Å². The fraction of sp³-hybridized carbons (Fsp3) is 0.133. The van der Waals surface area contributed by atoms with Gasteiger partial charge < -0.3 is 5.11 Å². The predicted octanol–water partition coefficient (Wildman–Crippen LogP) is 2.03. The molecule has 1 amide bonds. The van der Waals surface area contributed by atoms with Crippen molar-refractivity contribution in [3.8, 4) is 5.88 Å². The number of aromatic nitrogens is 1. The van der Waals surface area contributed by atoms with Crippen LogP contribution in [0.15, 0.2) is 34.8 Å². The molecule has 0 saturated carbocycles. The van der Waals surface area contributed by atoms with Crippen molar-refractivity contribution in [3.63, 3.8) is 0 Å². The number of hydrogen-bond acceptors (Lipinski definition) is 4. The van der Waals surface area contributed by atoms with Crippen LogP contribution in [0.1, 0.15) is 11.8 Å². The minimum atomic E-state index is -0.310. The molecule has 0 aliphatic carbocycles. The minimum absolute atomic E-state index is 0.0973. The summed E-state index contributed by atoms with van der Waals surface area (Å²) in [4.78, 5) is 16.7. The van der Waals surface area contributed by atoms with E-state index in [4.69, 9.17) is 12.2 Å². The third-order valence-electron chi connectivity index (χ3n) is 3.21. The summed E-state index contributed by atoms with van der Waals surface area (Å²) in [6, 6.07) is 7.44. The maximum absolute atomic E-state index is 12.1. The molecule has 0 atom stereocenters. The molecule has 0 saturated heterocycles. The van der Waals surface area contributed by atoms with Crippen molar-refractivity contribution in [2.75, 3.05) is 0 Å². The lowest BCUT2D eigenvalue weighted by Gasteiger charge is -2.03. The summed E-state index contributed by atoms with van der Waals surface area (Å²) >= 11 is 6.47. The number of rotatable bonds is 2. The first-order chi connectivity index (χ1) is 10.1. The van der Waals surface area contributed by atoms with E-state index in [1.165, 1.54) is 11.3 Å². The lowest BCUT2D eigenvalue weighted by Crippen LogP contribution is -2.29. The number of para-hydroxylation sites is 1. The van der Waals surface area contributed by atoms with Crippen molar-refractivity contribution in [1.82, 2.24) is 4.57 Å². The zero-order chi connectivity index (χ0) is 15.0. The second kappa shape index (κ2) is 5.38. The zero-order valence-electron chi connectivity index (χ0n) is 11.2. The lowest BCUT2D eigenvalue weighted by molar-refractivity contribution is -0.114. The number of benzene rings is 1. The minimum Gasteiger partial charge on any atom is -0.493 e. The summed E-state index contributed by atoms with van der Waals surface area (Å²) < 4.78 is 2.22. The van der Waals surface area contributed by atoms with E-state index in [-0.39, 0.29) is 11.8 Å². The molecule has 3 rings (SSSR count). The van der Waals surface area contributed by atoms with Gasteiger partial charge in [-0.15, -0.1) is 11.3 Å². The number of carbonyl (C=O) groups is 1. The normalized spacial score (nSPS) is 15.5. The first kappa shape index (κ1) is 13.9. The van der Waals surface area contributed by atoms with Crippen LogP contribution in [-0.4, -0.2) is 15.6 Å². The Labute approximate surface area is 130 Å². The highest BCUT2D eigenvalue weighted by Crippen LogP contribution is 2.28. The van der Waals surface area contributed by atoms with E-state index in [2.05, 4.69) is 4.99 Å². The Bertz CT molecular complexity index is 935. The predicted molar refractivity (Wildman–Crippen MR) is 85.2 cm³/mol. The molecule has 4 nitrogen and oxygen atoms in total. The lowest BCUT2D eigenvalue weighted by atomic mass is 10.1. The number of carbonyl (C=O) groups excluding carboxylic acids is 1. The smallest absolute Gasteiger partial charge is 0.277 e. The quantitative estimate of drug-likeness (QED) is 0.681. The van der Waals surface area contributed by atoms with E-state index >= 15 is 0 Å². The molecule has 106 valence electrons. The maximum atomic E-state index is 12.1.